The zero-order chi connectivity index (χ0) is 15.0. The molecule has 0 spiro atoms. The maximum atomic E-state index is 9.51. The van der Waals surface area contributed by atoms with E-state index in [9.17, 15) is 10.2 Å². The van der Waals surface area contributed by atoms with Gasteiger partial charge in [0.1, 0.15) is 0 Å². The van der Waals surface area contributed by atoms with Crippen molar-refractivity contribution in [3.63, 3.8) is 0 Å². The van der Waals surface area contributed by atoms with E-state index in [1.54, 1.807) is 6.07 Å². The summed E-state index contributed by atoms with van der Waals surface area (Å²) >= 11 is 3.47. The molecule has 2 N–H and O–H groups in total. The van der Waals surface area contributed by atoms with Crippen molar-refractivity contribution in [2.45, 2.75) is 6.92 Å². The minimum absolute atomic E-state index is 0.194. The van der Waals surface area contributed by atoms with Crippen LogP contribution in [0.5, 0.6) is 11.5 Å². The van der Waals surface area contributed by atoms with E-state index in [0.29, 0.717) is 11.4 Å². The molecule has 0 aliphatic rings. The number of benzene rings is 2. The molecule has 5 nitrogen and oxygen atoms in total. The lowest BCUT2D eigenvalue weighted by Crippen LogP contribution is -1.83. The van der Waals surface area contributed by atoms with Crippen molar-refractivity contribution in [2.75, 3.05) is 0 Å². The van der Waals surface area contributed by atoms with Crippen molar-refractivity contribution >= 4 is 15.9 Å². The Labute approximate surface area is 129 Å². The maximum absolute atomic E-state index is 9.51. The number of hydrogen-bond acceptors (Lipinski definition) is 5. The van der Waals surface area contributed by atoms with Gasteiger partial charge in [0.05, 0.1) is 0 Å². The number of phenols is 2. The molecule has 1 aromatic heterocycles. The highest BCUT2D eigenvalue weighted by atomic mass is 79.9. The molecule has 106 valence electrons. The molecule has 0 saturated heterocycles. The molecule has 0 aliphatic heterocycles. The van der Waals surface area contributed by atoms with Crippen molar-refractivity contribution < 1.29 is 14.7 Å². The molecule has 1 heterocycles. The highest BCUT2D eigenvalue weighted by Gasteiger charge is 2.13. The van der Waals surface area contributed by atoms with Crippen LogP contribution in [0.15, 0.2) is 45.4 Å². The number of nitrogens with zero attached hydrogens (tertiary/aromatic N) is 2. The lowest BCUT2D eigenvalue weighted by molar-refractivity contribution is 0.402. The number of halogens is 1. The average Bonchev–Trinajstić information content (AvgIpc) is 2.94. The standard InChI is InChI=1S/C15H11BrN2O3/c1-8-2-3-9(6-11(8)16)14-17-15(21-18-14)10-4-5-12(19)13(20)7-10/h2-7,19-20H,1H3. The van der Waals surface area contributed by atoms with E-state index in [4.69, 9.17) is 4.52 Å². The zero-order valence-electron chi connectivity index (χ0n) is 11.0. The van der Waals surface area contributed by atoms with E-state index in [-0.39, 0.29) is 17.4 Å². The van der Waals surface area contributed by atoms with Crippen LogP contribution in [0.3, 0.4) is 0 Å². The van der Waals surface area contributed by atoms with E-state index in [1.165, 1.54) is 12.1 Å². The van der Waals surface area contributed by atoms with Crippen molar-refractivity contribution in [1.82, 2.24) is 10.1 Å². The van der Waals surface area contributed by atoms with Crippen molar-refractivity contribution in [3.05, 3.63) is 46.4 Å². The number of hydrogen-bond donors (Lipinski definition) is 2. The van der Waals surface area contributed by atoms with E-state index in [1.807, 2.05) is 25.1 Å². The Morgan fingerprint density at radius 2 is 1.76 bits per heavy atom. The Morgan fingerprint density at radius 3 is 2.48 bits per heavy atom. The van der Waals surface area contributed by atoms with E-state index >= 15 is 0 Å². The van der Waals surface area contributed by atoms with Gasteiger partial charge in [0, 0.05) is 15.6 Å². The van der Waals surface area contributed by atoms with Crippen LogP contribution in [0.2, 0.25) is 0 Å². The minimum atomic E-state index is -0.231. The lowest BCUT2D eigenvalue weighted by atomic mass is 10.1. The zero-order valence-corrected chi connectivity index (χ0v) is 12.6. The van der Waals surface area contributed by atoms with Gasteiger partial charge in [-0.1, -0.05) is 33.2 Å². The molecule has 0 bridgehead atoms. The third-order valence-corrected chi connectivity index (χ3v) is 3.93. The van der Waals surface area contributed by atoms with Crippen LogP contribution >= 0.6 is 15.9 Å². The van der Waals surface area contributed by atoms with Crippen molar-refractivity contribution in [3.8, 4) is 34.3 Å². The molecule has 21 heavy (non-hydrogen) atoms. The molecular formula is C15H11BrN2O3. The fourth-order valence-electron chi connectivity index (χ4n) is 1.85. The van der Waals surface area contributed by atoms with E-state index in [2.05, 4.69) is 26.1 Å². The topological polar surface area (TPSA) is 79.4 Å². The summed E-state index contributed by atoms with van der Waals surface area (Å²) < 4.78 is 6.17. The Bertz CT molecular complexity index is 748. The SMILES string of the molecule is Cc1ccc(-c2noc(-c3ccc(O)c(O)c3)n2)cc1Br. The smallest absolute Gasteiger partial charge is 0.258 e. The fourth-order valence-corrected chi connectivity index (χ4v) is 2.23. The van der Waals surface area contributed by atoms with Gasteiger partial charge >= 0.3 is 0 Å². The molecule has 0 unspecified atom stereocenters. The monoisotopic (exact) mass is 346 g/mol. The molecule has 0 radical (unpaired) electrons. The first-order valence-electron chi connectivity index (χ1n) is 6.17. The predicted octanol–water partition coefficient (Wildman–Crippen LogP) is 3.89. The summed E-state index contributed by atoms with van der Waals surface area (Å²) in [6.45, 7) is 1.99. The van der Waals surface area contributed by atoms with Gasteiger partial charge in [0.2, 0.25) is 5.82 Å². The molecule has 0 amide bonds. The number of aromatic hydroxyl groups is 2. The van der Waals surface area contributed by atoms with Gasteiger partial charge in [-0.05, 0) is 36.8 Å². The highest BCUT2D eigenvalue weighted by molar-refractivity contribution is 9.10. The van der Waals surface area contributed by atoms with Gasteiger partial charge in [0.25, 0.3) is 5.89 Å². The first-order chi connectivity index (χ1) is 10.0. The Balaban J connectivity index is 1.99. The highest BCUT2D eigenvalue weighted by Crippen LogP contribution is 2.31. The molecule has 0 fully saturated rings. The van der Waals surface area contributed by atoms with E-state index in [0.717, 1.165) is 15.6 Å². The fraction of sp³-hybridized carbons (Fsp3) is 0.0667. The van der Waals surface area contributed by atoms with Crippen LogP contribution in [0, 0.1) is 6.92 Å². The van der Waals surface area contributed by atoms with E-state index < -0.39 is 0 Å². The Hall–Kier alpha value is -2.34. The quantitative estimate of drug-likeness (QED) is 0.688. The number of rotatable bonds is 2. The number of phenolic OH excluding ortho intramolecular Hbond substituents is 2. The van der Waals surface area contributed by atoms with Crippen LogP contribution in [0.4, 0.5) is 0 Å². The molecule has 0 atom stereocenters. The average molecular weight is 347 g/mol. The molecule has 2 aromatic carbocycles. The van der Waals surface area contributed by atoms with Crippen LogP contribution in [0.1, 0.15) is 5.56 Å². The second-order valence-electron chi connectivity index (χ2n) is 4.59. The first kappa shape index (κ1) is 13.6. The molecule has 0 aliphatic carbocycles. The largest absolute Gasteiger partial charge is 0.504 e. The summed E-state index contributed by atoms with van der Waals surface area (Å²) in [7, 11) is 0. The van der Waals surface area contributed by atoms with Gasteiger partial charge in [-0.2, -0.15) is 4.98 Å². The van der Waals surface area contributed by atoms with Gasteiger partial charge in [-0.3, -0.25) is 0 Å². The van der Waals surface area contributed by atoms with Gasteiger partial charge in [-0.25, -0.2) is 0 Å². The Morgan fingerprint density at radius 1 is 1.00 bits per heavy atom. The maximum Gasteiger partial charge on any atom is 0.258 e. The third-order valence-electron chi connectivity index (χ3n) is 3.08. The van der Waals surface area contributed by atoms with Crippen LogP contribution in [-0.4, -0.2) is 20.4 Å². The summed E-state index contributed by atoms with van der Waals surface area (Å²) in [5.74, 6) is 0.307. The second-order valence-corrected chi connectivity index (χ2v) is 5.44. The minimum Gasteiger partial charge on any atom is -0.504 e. The van der Waals surface area contributed by atoms with Gasteiger partial charge in [0.15, 0.2) is 11.5 Å². The van der Waals surface area contributed by atoms with Crippen LogP contribution in [0.25, 0.3) is 22.8 Å². The summed E-state index contributed by atoms with van der Waals surface area (Å²) in [4.78, 5) is 4.30. The third kappa shape index (κ3) is 2.62. The van der Waals surface area contributed by atoms with Crippen LogP contribution < -0.4 is 0 Å². The van der Waals surface area contributed by atoms with Crippen molar-refractivity contribution in [2.24, 2.45) is 0 Å². The van der Waals surface area contributed by atoms with Crippen LogP contribution in [-0.2, 0) is 0 Å². The number of aryl methyl sites for hydroxylation is 1. The van der Waals surface area contributed by atoms with Gasteiger partial charge in [-0.15, -0.1) is 0 Å². The number of aromatic nitrogens is 2. The summed E-state index contributed by atoms with van der Waals surface area (Å²) in [6, 6.07) is 10.1. The Kier molecular flexibility index (Phi) is 3.39. The predicted molar refractivity (Wildman–Crippen MR) is 80.9 cm³/mol. The molecule has 0 saturated carbocycles. The second kappa shape index (κ2) is 5.21. The summed E-state index contributed by atoms with van der Waals surface area (Å²) in [6.07, 6.45) is 0. The molecule has 3 rings (SSSR count). The molecular weight excluding hydrogens is 336 g/mol. The molecule has 3 aromatic rings. The van der Waals surface area contributed by atoms with Gasteiger partial charge < -0.3 is 14.7 Å². The first-order valence-corrected chi connectivity index (χ1v) is 6.96. The lowest BCUT2D eigenvalue weighted by Gasteiger charge is -1.99. The summed E-state index contributed by atoms with van der Waals surface area (Å²) in [5.41, 5.74) is 2.48. The molecule has 6 heteroatoms. The normalized spacial score (nSPS) is 10.8. The summed E-state index contributed by atoms with van der Waals surface area (Å²) in [5, 5.41) is 22.7. The van der Waals surface area contributed by atoms with Crippen molar-refractivity contribution in [1.29, 1.82) is 0 Å².